The van der Waals surface area contributed by atoms with Crippen molar-refractivity contribution in [3.05, 3.63) is 29.0 Å². The number of hydrogen-bond donors (Lipinski definition) is 3. The summed E-state index contributed by atoms with van der Waals surface area (Å²) < 4.78 is 60.5. The molecule has 0 bridgehead atoms. The fourth-order valence-corrected chi connectivity index (χ4v) is 2.53. The van der Waals surface area contributed by atoms with Gasteiger partial charge in [-0.3, -0.25) is 0 Å². The van der Waals surface area contributed by atoms with E-state index in [4.69, 9.17) is 22.1 Å². The molecule has 0 spiro atoms. The first-order valence-corrected chi connectivity index (χ1v) is 8.74. The molecule has 28 heavy (non-hydrogen) atoms. The molecule has 0 aromatic heterocycles. The maximum atomic E-state index is 13.4. The molecular formula is C16H20ClF4N3O4. The molecular weight excluding hydrogens is 410 g/mol. The van der Waals surface area contributed by atoms with Crippen LogP contribution in [0.15, 0.2) is 18.2 Å². The van der Waals surface area contributed by atoms with Crippen molar-refractivity contribution in [3.63, 3.8) is 0 Å². The first kappa shape index (κ1) is 22.6. The number of hydrogen-bond acceptors (Lipinski definition) is 7. The Kier molecular flexibility index (Phi) is 7.84. The number of carbonyl (C=O) groups is 1. The summed E-state index contributed by atoms with van der Waals surface area (Å²) in [5.41, 5.74) is 8.31. The quantitative estimate of drug-likeness (QED) is 0.344. The number of aliphatic hydroxyl groups excluding tert-OH is 1. The molecule has 1 saturated heterocycles. The van der Waals surface area contributed by atoms with Gasteiger partial charge in [-0.05, 0) is 25.0 Å². The van der Waals surface area contributed by atoms with Gasteiger partial charge in [0.15, 0.2) is 6.23 Å². The van der Waals surface area contributed by atoms with Crippen LogP contribution in [0.25, 0.3) is 0 Å². The Morgan fingerprint density at radius 2 is 2.04 bits per heavy atom. The summed E-state index contributed by atoms with van der Waals surface area (Å²) in [7, 11) is 0. The molecule has 7 nitrogen and oxygen atoms in total. The van der Waals surface area contributed by atoms with Gasteiger partial charge in [-0.25, -0.2) is 19.6 Å². The number of ether oxygens (including phenoxy) is 2. The molecule has 1 aliphatic rings. The SMILES string of the molecule is NC1CCN(NC(OC(=O)C(F)(F)F)C(O)COc2ccc(Cl)c(F)c2)CC1. The molecule has 0 saturated carbocycles. The van der Waals surface area contributed by atoms with E-state index in [0.717, 1.165) is 6.07 Å². The van der Waals surface area contributed by atoms with Crippen LogP contribution in [0.1, 0.15) is 12.8 Å². The number of aliphatic hydroxyl groups is 1. The van der Waals surface area contributed by atoms with E-state index in [0.29, 0.717) is 25.9 Å². The second-order valence-corrected chi connectivity index (χ2v) is 6.64. The third-order valence-electron chi connectivity index (χ3n) is 3.98. The molecule has 2 unspecified atom stereocenters. The Morgan fingerprint density at radius 1 is 1.39 bits per heavy atom. The van der Waals surface area contributed by atoms with Crippen molar-refractivity contribution in [3.8, 4) is 5.75 Å². The summed E-state index contributed by atoms with van der Waals surface area (Å²) in [5, 5.41) is 11.5. The average Bonchev–Trinajstić information content (AvgIpc) is 2.62. The summed E-state index contributed by atoms with van der Waals surface area (Å²) in [4.78, 5) is 11.2. The maximum absolute atomic E-state index is 13.4. The largest absolute Gasteiger partial charge is 0.491 e. The highest BCUT2D eigenvalue weighted by atomic mass is 35.5. The van der Waals surface area contributed by atoms with Gasteiger partial charge >= 0.3 is 12.1 Å². The molecule has 0 aliphatic carbocycles. The number of piperidine rings is 1. The maximum Gasteiger partial charge on any atom is 0.490 e. The summed E-state index contributed by atoms with van der Waals surface area (Å²) >= 11 is 5.54. The van der Waals surface area contributed by atoms with Crippen molar-refractivity contribution in [2.75, 3.05) is 19.7 Å². The third kappa shape index (κ3) is 6.74. The highest BCUT2D eigenvalue weighted by Crippen LogP contribution is 2.21. The van der Waals surface area contributed by atoms with Gasteiger partial charge in [0.05, 0.1) is 5.02 Å². The van der Waals surface area contributed by atoms with Crippen molar-refractivity contribution in [1.82, 2.24) is 10.4 Å². The number of nitrogens with zero attached hydrogens (tertiary/aromatic N) is 1. The number of nitrogens with one attached hydrogen (secondary N) is 1. The van der Waals surface area contributed by atoms with Gasteiger partial charge in [0.25, 0.3) is 0 Å². The molecule has 1 heterocycles. The second-order valence-electron chi connectivity index (χ2n) is 6.23. The molecule has 1 aliphatic heterocycles. The molecule has 2 atom stereocenters. The minimum Gasteiger partial charge on any atom is -0.491 e. The summed E-state index contributed by atoms with van der Waals surface area (Å²) in [6.45, 7) is 0.200. The first-order valence-electron chi connectivity index (χ1n) is 8.36. The number of rotatable bonds is 7. The van der Waals surface area contributed by atoms with Crippen LogP contribution >= 0.6 is 11.6 Å². The standard InChI is InChI=1S/C16H20ClF4N3O4/c17-11-2-1-10(7-12(11)18)27-8-13(25)14(28-15(26)16(19,20)21)23-24-5-3-9(22)4-6-24/h1-2,7,9,13-14,23,25H,3-6,8,22H2. The van der Waals surface area contributed by atoms with E-state index < -0.39 is 36.9 Å². The first-order chi connectivity index (χ1) is 13.1. The number of alkyl halides is 3. The fraction of sp³-hybridized carbons (Fsp3) is 0.562. The van der Waals surface area contributed by atoms with Gasteiger partial charge in [0.1, 0.15) is 24.3 Å². The predicted octanol–water partition coefficient (Wildman–Crippen LogP) is 1.58. The van der Waals surface area contributed by atoms with Crippen LogP contribution in [0.3, 0.4) is 0 Å². The Bertz CT molecular complexity index is 672. The van der Waals surface area contributed by atoms with Gasteiger partial charge in [-0.15, -0.1) is 0 Å². The van der Waals surface area contributed by atoms with Crippen LogP contribution in [-0.2, 0) is 9.53 Å². The minimum atomic E-state index is -5.23. The zero-order valence-corrected chi connectivity index (χ0v) is 15.3. The van der Waals surface area contributed by atoms with Crippen LogP contribution in [0.5, 0.6) is 5.75 Å². The monoisotopic (exact) mass is 429 g/mol. The van der Waals surface area contributed by atoms with Gasteiger partial charge in [0, 0.05) is 25.2 Å². The number of nitrogens with two attached hydrogens (primary N) is 1. The minimum absolute atomic E-state index is 0.00852. The Labute approximate surface area is 163 Å². The molecule has 1 aromatic rings. The molecule has 0 radical (unpaired) electrons. The zero-order chi connectivity index (χ0) is 20.9. The second kappa shape index (κ2) is 9.70. The lowest BCUT2D eigenvalue weighted by atomic mass is 10.1. The molecule has 12 heteroatoms. The van der Waals surface area contributed by atoms with Crippen molar-refractivity contribution in [2.45, 2.75) is 37.4 Å². The smallest absolute Gasteiger partial charge is 0.490 e. The number of hydrazine groups is 1. The summed E-state index contributed by atoms with van der Waals surface area (Å²) in [6, 6.07) is 3.44. The highest BCUT2D eigenvalue weighted by Gasteiger charge is 2.43. The predicted molar refractivity (Wildman–Crippen MR) is 90.8 cm³/mol. The van der Waals surface area contributed by atoms with Crippen LogP contribution in [0, 0.1) is 5.82 Å². The average molecular weight is 430 g/mol. The van der Waals surface area contributed by atoms with Crippen molar-refractivity contribution in [1.29, 1.82) is 0 Å². The van der Waals surface area contributed by atoms with Crippen LogP contribution in [-0.4, -0.2) is 60.3 Å². The van der Waals surface area contributed by atoms with Gasteiger partial charge in [-0.1, -0.05) is 11.6 Å². The van der Waals surface area contributed by atoms with Crippen molar-refractivity contribution in [2.24, 2.45) is 5.73 Å². The van der Waals surface area contributed by atoms with E-state index in [1.807, 2.05) is 0 Å². The number of benzene rings is 1. The van der Waals surface area contributed by atoms with E-state index in [1.54, 1.807) is 0 Å². The molecule has 1 fully saturated rings. The lowest BCUT2D eigenvalue weighted by Gasteiger charge is -2.35. The Hall–Kier alpha value is -1.66. The van der Waals surface area contributed by atoms with Crippen molar-refractivity contribution >= 4 is 17.6 Å². The highest BCUT2D eigenvalue weighted by molar-refractivity contribution is 6.30. The van der Waals surface area contributed by atoms with E-state index in [1.165, 1.54) is 17.1 Å². The van der Waals surface area contributed by atoms with Gasteiger partial charge < -0.3 is 20.3 Å². The van der Waals surface area contributed by atoms with Crippen molar-refractivity contribution < 1.29 is 36.9 Å². The number of carbonyl (C=O) groups excluding carboxylic acids is 1. The van der Waals surface area contributed by atoms with Crippen LogP contribution in [0.4, 0.5) is 17.6 Å². The lowest BCUT2D eigenvalue weighted by molar-refractivity contribution is -0.216. The Morgan fingerprint density at radius 3 is 2.61 bits per heavy atom. The number of esters is 1. The van der Waals surface area contributed by atoms with Crippen LogP contribution < -0.4 is 15.9 Å². The van der Waals surface area contributed by atoms with E-state index in [-0.39, 0.29) is 16.8 Å². The summed E-state index contributed by atoms with van der Waals surface area (Å²) in [5.74, 6) is -3.24. The third-order valence-corrected chi connectivity index (χ3v) is 4.28. The molecule has 0 amide bonds. The van der Waals surface area contributed by atoms with Gasteiger partial charge in [0.2, 0.25) is 0 Å². The van der Waals surface area contributed by atoms with E-state index in [9.17, 15) is 27.5 Å². The fourth-order valence-electron chi connectivity index (χ4n) is 2.42. The Balaban J connectivity index is 2.01. The summed E-state index contributed by atoms with van der Waals surface area (Å²) in [6.07, 6.45) is -7.50. The van der Waals surface area contributed by atoms with Gasteiger partial charge in [-0.2, -0.15) is 13.2 Å². The van der Waals surface area contributed by atoms with E-state index in [2.05, 4.69) is 10.2 Å². The van der Waals surface area contributed by atoms with E-state index >= 15 is 0 Å². The number of halogens is 5. The molecule has 2 rings (SSSR count). The zero-order valence-electron chi connectivity index (χ0n) is 14.6. The lowest BCUT2D eigenvalue weighted by Crippen LogP contribution is -2.57. The molecule has 4 N–H and O–H groups in total. The topological polar surface area (TPSA) is 97.1 Å². The van der Waals surface area contributed by atoms with Crippen LogP contribution in [0.2, 0.25) is 5.02 Å². The molecule has 158 valence electrons. The normalized spacial score (nSPS) is 18.5. The molecule has 1 aromatic carbocycles.